The van der Waals surface area contributed by atoms with Crippen molar-refractivity contribution in [3.05, 3.63) is 53.7 Å². The third kappa shape index (κ3) is 4.66. The molecule has 7 heteroatoms. The first kappa shape index (κ1) is 16.2. The van der Waals surface area contributed by atoms with Gasteiger partial charge < -0.3 is 14.5 Å². The predicted molar refractivity (Wildman–Crippen MR) is 90.6 cm³/mol. The molecule has 1 amide bonds. The minimum Gasteiger partial charge on any atom is -0.494 e. The van der Waals surface area contributed by atoms with Gasteiger partial charge in [0.1, 0.15) is 5.75 Å². The Bertz CT molecular complexity index is 757. The molecule has 1 N–H and O–H groups in total. The molecule has 2 aromatic heterocycles. The number of para-hydroxylation sites is 1. The van der Waals surface area contributed by atoms with Crippen molar-refractivity contribution < 1.29 is 13.9 Å². The van der Waals surface area contributed by atoms with E-state index in [-0.39, 0.29) is 12.5 Å². The number of rotatable bonds is 8. The van der Waals surface area contributed by atoms with Gasteiger partial charge in [-0.1, -0.05) is 24.3 Å². The number of hydrogen-bond acceptors (Lipinski definition) is 6. The standard InChI is InChI=1S/C17H17N3O3S/c21-15(9-4-10-22-13-6-2-1-3-7-13)18-12-16-19-20-17(23-16)14-8-5-11-24-14/h1-3,5-8,11H,4,9-10,12H2,(H,18,21). The van der Waals surface area contributed by atoms with Gasteiger partial charge in [0.05, 0.1) is 18.0 Å². The van der Waals surface area contributed by atoms with Crippen molar-refractivity contribution >= 4 is 17.2 Å². The summed E-state index contributed by atoms with van der Waals surface area (Å²) >= 11 is 1.53. The van der Waals surface area contributed by atoms with E-state index in [0.717, 1.165) is 10.6 Å². The van der Waals surface area contributed by atoms with Crippen LogP contribution in [0.1, 0.15) is 18.7 Å². The summed E-state index contributed by atoms with van der Waals surface area (Å²) in [6, 6.07) is 13.4. The van der Waals surface area contributed by atoms with E-state index in [2.05, 4.69) is 15.5 Å². The third-order valence-corrected chi connectivity index (χ3v) is 4.05. The van der Waals surface area contributed by atoms with Crippen LogP contribution in [0.5, 0.6) is 5.75 Å². The van der Waals surface area contributed by atoms with Crippen LogP contribution < -0.4 is 10.1 Å². The molecule has 0 fully saturated rings. The van der Waals surface area contributed by atoms with Crippen LogP contribution in [0.15, 0.2) is 52.3 Å². The van der Waals surface area contributed by atoms with Crippen molar-refractivity contribution in [3.63, 3.8) is 0 Å². The van der Waals surface area contributed by atoms with Crippen LogP contribution >= 0.6 is 11.3 Å². The molecule has 0 spiro atoms. The molecular weight excluding hydrogens is 326 g/mol. The van der Waals surface area contributed by atoms with Gasteiger partial charge in [0.2, 0.25) is 11.8 Å². The molecule has 0 radical (unpaired) electrons. The summed E-state index contributed by atoms with van der Waals surface area (Å²) in [5.74, 6) is 1.62. The summed E-state index contributed by atoms with van der Waals surface area (Å²) in [4.78, 5) is 12.7. The lowest BCUT2D eigenvalue weighted by atomic mass is 10.3. The number of benzene rings is 1. The fourth-order valence-electron chi connectivity index (χ4n) is 2.03. The maximum absolute atomic E-state index is 11.8. The summed E-state index contributed by atoms with van der Waals surface area (Å²) in [5.41, 5.74) is 0. The van der Waals surface area contributed by atoms with Crippen molar-refractivity contribution in [2.24, 2.45) is 0 Å². The molecule has 6 nitrogen and oxygen atoms in total. The topological polar surface area (TPSA) is 77.2 Å². The fraction of sp³-hybridized carbons (Fsp3) is 0.235. The minimum absolute atomic E-state index is 0.0671. The maximum Gasteiger partial charge on any atom is 0.257 e. The van der Waals surface area contributed by atoms with Crippen molar-refractivity contribution in [2.75, 3.05) is 6.61 Å². The molecule has 0 atom stereocenters. The number of amides is 1. The van der Waals surface area contributed by atoms with E-state index in [9.17, 15) is 4.79 Å². The van der Waals surface area contributed by atoms with Crippen molar-refractivity contribution in [1.82, 2.24) is 15.5 Å². The highest BCUT2D eigenvalue weighted by atomic mass is 32.1. The van der Waals surface area contributed by atoms with Crippen molar-refractivity contribution in [1.29, 1.82) is 0 Å². The molecule has 0 saturated carbocycles. The van der Waals surface area contributed by atoms with Gasteiger partial charge >= 0.3 is 0 Å². The van der Waals surface area contributed by atoms with Gasteiger partial charge in [0.25, 0.3) is 5.89 Å². The van der Waals surface area contributed by atoms with Gasteiger partial charge in [-0.3, -0.25) is 4.79 Å². The average Bonchev–Trinajstić information content (AvgIpc) is 3.29. The number of carbonyl (C=O) groups is 1. The second-order valence-corrected chi connectivity index (χ2v) is 5.97. The van der Waals surface area contributed by atoms with Crippen LogP contribution in [0.4, 0.5) is 0 Å². The smallest absolute Gasteiger partial charge is 0.257 e. The zero-order valence-electron chi connectivity index (χ0n) is 13.0. The molecule has 0 aliphatic heterocycles. The first-order chi connectivity index (χ1) is 11.8. The summed E-state index contributed by atoms with van der Waals surface area (Å²) in [5, 5.41) is 12.6. The third-order valence-electron chi connectivity index (χ3n) is 3.20. The maximum atomic E-state index is 11.8. The van der Waals surface area contributed by atoms with Crippen LogP contribution in [0.2, 0.25) is 0 Å². The van der Waals surface area contributed by atoms with Crippen LogP contribution in [0, 0.1) is 0 Å². The van der Waals surface area contributed by atoms with E-state index in [1.807, 2.05) is 47.8 Å². The molecule has 24 heavy (non-hydrogen) atoms. The first-order valence-corrected chi connectivity index (χ1v) is 8.50. The minimum atomic E-state index is -0.0671. The van der Waals surface area contributed by atoms with Crippen LogP contribution in [0.25, 0.3) is 10.8 Å². The quantitative estimate of drug-likeness (QED) is 0.635. The van der Waals surface area contributed by atoms with E-state index >= 15 is 0 Å². The first-order valence-electron chi connectivity index (χ1n) is 7.62. The number of nitrogens with one attached hydrogen (secondary N) is 1. The van der Waals surface area contributed by atoms with Crippen LogP contribution in [0.3, 0.4) is 0 Å². The Balaban J connectivity index is 1.35. The highest BCUT2D eigenvalue weighted by Crippen LogP contribution is 2.22. The number of thiophene rings is 1. The molecule has 0 saturated heterocycles. The molecule has 0 bridgehead atoms. The largest absolute Gasteiger partial charge is 0.494 e. The lowest BCUT2D eigenvalue weighted by molar-refractivity contribution is -0.121. The normalized spacial score (nSPS) is 10.5. The number of nitrogens with zero attached hydrogens (tertiary/aromatic N) is 2. The van der Waals surface area contributed by atoms with Crippen molar-refractivity contribution in [3.8, 4) is 16.5 Å². The van der Waals surface area contributed by atoms with E-state index in [4.69, 9.17) is 9.15 Å². The highest BCUT2D eigenvalue weighted by molar-refractivity contribution is 7.13. The molecule has 0 aliphatic carbocycles. The Morgan fingerprint density at radius 3 is 2.83 bits per heavy atom. The molecule has 3 aromatic rings. The Morgan fingerprint density at radius 2 is 2.04 bits per heavy atom. The Hall–Kier alpha value is -2.67. The Morgan fingerprint density at radius 1 is 1.17 bits per heavy atom. The van der Waals surface area contributed by atoms with E-state index in [1.165, 1.54) is 11.3 Å². The second-order valence-electron chi connectivity index (χ2n) is 5.02. The summed E-state index contributed by atoms with van der Waals surface area (Å²) in [6.07, 6.45) is 1.03. The van der Waals surface area contributed by atoms with Crippen LogP contribution in [-0.4, -0.2) is 22.7 Å². The van der Waals surface area contributed by atoms with E-state index in [0.29, 0.717) is 31.2 Å². The molecular formula is C17H17N3O3S. The van der Waals surface area contributed by atoms with Gasteiger partial charge in [-0.2, -0.15) is 0 Å². The summed E-state index contributed by atoms with van der Waals surface area (Å²) in [7, 11) is 0. The second kappa shape index (κ2) is 8.26. The van der Waals surface area contributed by atoms with E-state index in [1.54, 1.807) is 0 Å². The summed E-state index contributed by atoms with van der Waals surface area (Å²) in [6.45, 7) is 0.733. The van der Waals surface area contributed by atoms with Crippen LogP contribution in [-0.2, 0) is 11.3 Å². The Kier molecular flexibility index (Phi) is 5.57. The number of carbonyl (C=O) groups excluding carboxylic acids is 1. The zero-order valence-corrected chi connectivity index (χ0v) is 13.8. The van der Waals surface area contributed by atoms with Gasteiger partial charge in [-0.15, -0.1) is 21.5 Å². The van der Waals surface area contributed by atoms with Crippen molar-refractivity contribution in [2.45, 2.75) is 19.4 Å². The van der Waals surface area contributed by atoms with Gasteiger partial charge in [-0.05, 0) is 30.0 Å². The molecule has 2 heterocycles. The molecule has 0 aliphatic rings. The summed E-state index contributed by atoms with van der Waals surface area (Å²) < 4.78 is 11.1. The monoisotopic (exact) mass is 343 g/mol. The van der Waals surface area contributed by atoms with Gasteiger partial charge in [0, 0.05) is 6.42 Å². The highest BCUT2D eigenvalue weighted by Gasteiger charge is 2.10. The van der Waals surface area contributed by atoms with Gasteiger partial charge in [-0.25, -0.2) is 0 Å². The lowest BCUT2D eigenvalue weighted by Gasteiger charge is -2.05. The Labute approximate surface area is 143 Å². The predicted octanol–water partition coefficient (Wildman–Crippen LogP) is 3.27. The lowest BCUT2D eigenvalue weighted by Crippen LogP contribution is -2.23. The average molecular weight is 343 g/mol. The molecule has 124 valence electrons. The molecule has 3 rings (SSSR count). The molecule has 1 aromatic carbocycles. The number of ether oxygens (including phenoxy) is 1. The zero-order chi connectivity index (χ0) is 16.6. The number of hydrogen-bond donors (Lipinski definition) is 1. The van der Waals surface area contributed by atoms with E-state index < -0.39 is 0 Å². The fourth-order valence-corrected chi connectivity index (χ4v) is 2.67. The molecule has 0 unspecified atom stereocenters. The number of aromatic nitrogens is 2. The SMILES string of the molecule is O=C(CCCOc1ccccc1)NCc1nnc(-c2cccs2)o1. The van der Waals surface area contributed by atoms with Gasteiger partial charge in [0.15, 0.2) is 0 Å².